The molecule has 3 rings (SSSR count). The first-order valence-corrected chi connectivity index (χ1v) is 10.6. The van der Waals surface area contributed by atoms with Gasteiger partial charge in [-0.2, -0.15) is 11.3 Å². The number of hydrogen-bond donors (Lipinski definition) is 1. The van der Waals surface area contributed by atoms with E-state index in [4.69, 9.17) is 4.74 Å². The molecule has 2 fully saturated rings. The maximum Gasteiger partial charge on any atom is 0.208 e. The van der Waals surface area contributed by atoms with Gasteiger partial charge < -0.3 is 4.74 Å². The molecule has 0 radical (unpaired) electrons. The number of likely N-dealkylation sites (tertiary alicyclic amines) is 1. The molecule has 3 heterocycles. The zero-order valence-corrected chi connectivity index (χ0v) is 14.6. The van der Waals surface area contributed by atoms with Gasteiger partial charge in [-0.1, -0.05) is 0 Å². The summed E-state index contributed by atoms with van der Waals surface area (Å²) >= 11 is 1.74. The highest BCUT2D eigenvalue weighted by Gasteiger charge is 2.40. The van der Waals surface area contributed by atoms with E-state index in [1.165, 1.54) is 11.8 Å². The summed E-state index contributed by atoms with van der Waals surface area (Å²) < 4.78 is 31.7. The summed E-state index contributed by atoms with van der Waals surface area (Å²) in [4.78, 5) is 2.46. The molecule has 2 saturated heterocycles. The van der Waals surface area contributed by atoms with Gasteiger partial charge in [0.25, 0.3) is 0 Å². The second-order valence-corrected chi connectivity index (χ2v) is 9.08. The number of sulfonamides is 1. The Morgan fingerprint density at radius 1 is 1.45 bits per heavy atom. The molecule has 5 nitrogen and oxygen atoms in total. The Morgan fingerprint density at radius 3 is 2.86 bits per heavy atom. The molecule has 22 heavy (non-hydrogen) atoms. The highest BCUT2D eigenvalue weighted by Crippen LogP contribution is 2.35. The van der Waals surface area contributed by atoms with Gasteiger partial charge in [0, 0.05) is 32.3 Å². The average Bonchev–Trinajstić information content (AvgIpc) is 2.93. The van der Waals surface area contributed by atoms with Gasteiger partial charge in [0.1, 0.15) is 0 Å². The fourth-order valence-electron chi connectivity index (χ4n) is 3.54. The number of thiophene rings is 1. The minimum Gasteiger partial charge on any atom is -0.375 e. The summed E-state index contributed by atoms with van der Waals surface area (Å²) in [6, 6.07) is 2.20. The zero-order chi connectivity index (χ0) is 15.6. The van der Waals surface area contributed by atoms with Crippen LogP contribution in [0, 0.1) is 0 Å². The second kappa shape index (κ2) is 6.57. The number of hydrogen-bond acceptors (Lipinski definition) is 5. The maximum atomic E-state index is 11.4. The Balaban J connectivity index is 1.54. The minimum absolute atomic E-state index is 0.0205. The smallest absolute Gasteiger partial charge is 0.208 e. The minimum atomic E-state index is -3.14. The van der Waals surface area contributed by atoms with Gasteiger partial charge in [-0.15, -0.1) is 0 Å². The van der Waals surface area contributed by atoms with Crippen LogP contribution >= 0.6 is 11.3 Å². The molecule has 2 aliphatic heterocycles. The highest BCUT2D eigenvalue weighted by molar-refractivity contribution is 7.88. The van der Waals surface area contributed by atoms with Crippen LogP contribution in [0.25, 0.3) is 0 Å². The Labute approximate surface area is 136 Å². The third kappa shape index (κ3) is 4.29. The summed E-state index contributed by atoms with van der Waals surface area (Å²) in [6.07, 6.45) is 4.77. The van der Waals surface area contributed by atoms with E-state index in [0.717, 1.165) is 45.3 Å². The molecule has 1 aromatic heterocycles. The van der Waals surface area contributed by atoms with Crippen LogP contribution < -0.4 is 4.72 Å². The molecule has 0 saturated carbocycles. The van der Waals surface area contributed by atoms with E-state index in [1.54, 1.807) is 11.3 Å². The number of nitrogens with one attached hydrogen (secondary N) is 1. The quantitative estimate of drug-likeness (QED) is 0.905. The molecular weight excluding hydrogens is 320 g/mol. The van der Waals surface area contributed by atoms with Gasteiger partial charge in [0.2, 0.25) is 10.0 Å². The van der Waals surface area contributed by atoms with Crippen molar-refractivity contribution in [3.05, 3.63) is 22.4 Å². The largest absolute Gasteiger partial charge is 0.375 e. The van der Waals surface area contributed by atoms with Gasteiger partial charge in [0.05, 0.1) is 11.9 Å². The van der Waals surface area contributed by atoms with Crippen molar-refractivity contribution in [2.75, 3.05) is 26.0 Å². The molecule has 1 atom stereocenters. The van der Waals surface area contributed by atoms with Crippen LogP contribution in [-0.2, 0) is 21.3 Å². The first-order chi connectivity index (χ1) is 10.4. The number of ether oxygens (including phenoxy) is 1. The molecule has 0 aliphatic carbocycles. The molecule has 2 aliphatic rings. The van der Waals surface area contributed by atoms with Gasteiger partial charge in [-0.05, 0) is 48.1 Å². The van der Waals surface area contributed by atoms with Crippen LogP contribution in [0.15, 0.2) is 16.8 Å². The van der Waals surface area contributed by atoms with Crippen LogP contribution in [0.3, 0.4) is 0 Å². The lowest BCUT2D eigenvalue weighted by atomic mass is 9.82. The lowest BCUT2D eigenvalue weighted by Gasteiger charge is -2.46. The molecule has 0 amide bonds. The third-order valence-corrected chi connectivity index (χ3v) is 6.12. The molecule has 1 aromatic rings. The van der Waals surface area contributed by atoms with Crippen molar-refractivity contribution in [1.82, 2.24) is 9.62 Å². The lowest BCUT2D eigenvalue weighted by Crippen LogP contribution is -2.53. The molecule has 0 aromatic carbocycles. The van der Waals surface area contributed by atoms with Crippen LogP contribution in [0.5, 0.6) is 0 Å². The maximum absolute atomic E-state index is 11.4. The van der Waals surface area contributed by atoms with Crippen molar-refractivity contribution in [2.45, 2.75) is 43.9 Å². The van der Waals surface area contributed by atoms with E-state index in [-0.39, 0.29) is 11.6 Å². The SMILES string of the molecule is CS(=O)(=O)N[C@H]1CCOC2(CCN(Cc3ccsc3)CC2)C1. The molecule has 0 bridgehead atoms. The molecule has 124 valence electrons. The summed E-state index contributed by atoms with van der Waals surface area (Å²) in [6.45, 7) is 3.69. The Hall–Kier alpha value is -0.470. The van der Waals surface area contributed by atoms with E-state index < -0.39 is 10.0 Å². The Kier molecular flexibility index (Phi) is 4.89. The number of nitrogens with zero attached hydrogens (tertiary/aromatic N) is 1. The normalized spacial score (nSPS) is 26.3. The van der Waals surface area contributed by atoms with Crippen molar-refractivity contribution >= 4 is 21.4 Å². The lowest BCUT2D eigenvalue weighted by molar-refractivity contribution is -0.118. The van der Waals surface area contributed by atoms with Crippen LogP contribution in [0.1, 0.15) is 31.2 Å². The summed E-state index contributed by atoms with van der Waals surface area (Å²) in [5, 5.41) is 4.32. The predicted molar refractivity (Wildman–Crippen MR) is 88.5 cm³/mol. The van der Waals surface area contributed by atoms with Crippen LogP contribution in [-0.4, -0.2) is 50.9 Å². The Bertz CT molecular complexity index is 578. The first-order valence-electron chi connectivity index (χ1n) is 7.79. The monoisotopic (exact) mass is 344 g/mol. The van der Waals surface area contributed by atoms with E-state index in [2.05, 4.69) is 26.4 Å². The summed E-state index contributed by atoms with van der Waals surface area (Å²) in [7, 11) is -3.14. The molecule has 7 heteroatoms. The van der Waals surface area contributed by atoms with Crippen LogP contribution in [0.4, 0.5) is 0 Å². The van der Waals surface area contributed by atoms with Gasteiger partial charge in [-0.3, -0.25) is 4.90 Å². The van der Waals surface area contributed by atoms with Crippen molar-refractivity contribution < 1.29 is 13.2 Å². The number of piperidine rings is 1. The highest BCUT2D eigenvalue weighted by atomic mass is 32.2. The third-order valence-electron chi connectivity index (χ3n) is 4.63. The van der Waals surface area contributed by atoms with E-state index in [1.807, 2.05) is 0 Å². The zero-order valence-electron chi connectivity index (χ0n) is 13.0. The van der Waals surface area contributed by atoms with Gasteiger partial charge in [-0.25, -0.2) is 13.1 Å². The average molecular weight is 345 g/mol. The summed E-state index contributed by atoms with van der Waals surface area (Å²) in [5.74, 6) is 0. The summed E-state index contributed by atoms with van der Waals surface area (Å²) in [5.41, 5.74) is 1.24. The Morgan fingerprint density at radius 2 is 2.23 bits per heavy atom. The van der Waals surface area contributed by atoms with Crippen LogP contribution in [0.2, 0.25) is 0 Å². The molecular formula is C15H24N2O3S2. The predicted octanol–water partition coefficient (Wildman–Crippen LogP) is 1.81. The van der Waals surface area contributed by atoms with E-state index in [0.29, 0.717) is 6.61 Å². The molecule has 1 spiro atoms. The van der Waals surface area contributed by atoms with Crippen molar-refractivity contribution in [3.8, 4) is 0 Å². The molecule has 1 N–H and O–H groups in total. The second-order valence-electron chi connectivity index (χ2n) is 6.52. The molecule has 0 unspecified atom stereocenters. The number of rotatable bonds is 4. The van der Waals surface area contributed by atoms with Gasteiger partial charge >= 0.3 is 0 Å². The van der Waals surface area contributed by atoms with Crippen molar-refractivity contribution in [2.24, 2.45) is 0 Å². The van der Waals surface area contributed by atoms with Crippen molar-refractivity contribution in [1.29, 1.82) is 0 Å². The van der Waals surface area contributed by atoms with E-state index in [9.17, 15) is 8.42 Å². The topological polar surface area (TPSA) is 58.6 Å². The fourth-order valence-corrected chi connectivity index (χ4v) is 5.01. The standard InChI is InChI=1S/C15H24N2O3S2/c1-22(18,19)16-14-2-8-20-15(10-14)4-6-17(7-5-15)11-13-3-9-21-12-13/h3,9,12,14,16H,2,4-8,10-11H2,1H3/t14-/m0/s1. The van der Waals surface area contributed by atoms with E-state index >= 15 is 0 Å². The fraction of sp³-hybridized carbons (Fsp3) is 0.733. The van der Waals surface area contributed by atoms with Gasteiger partial charge in [0.15, 0.2) is 0 Å². The van der Waals surface area contributed by atoms with Crippen molar-refractivity contribution in [3.63, 3.8) is 0 Å². The first kappa shape index (κ1) is 16.4.